The van der Waals surface area contributed by atoms with Crippen LogP contribution in [0.3, 0.4) is 0 Å². The number of ether oxygens (including phenoxy) is 2. The molecule has 2 N–H and O–H groups in total. The van der Waals surface area contributed by atoms with Gasteiger partial charge in [0.25, 0.3) is 0 Å². The maximum Gasteiger partial charge on any atom is 0.191 e. The summed E-state index contributed by atoms with van der Waals surface area (Å²) in [5, 5.41) is 7.28. The molecule has 0 amide bonds. The summed E-state index contributed by atoms with van der Waals surface area (Å²) in [7, 11) is 1.87. The maximum absolute atomic E-state index is 5.67. The Kier molecular flexibility index (Phi) is 10.9. The molecule has 6 heteroatoms. The summed E-state index contributed by atoms with van der Waals surface area (Å²) in [6.07, 6.45) is 8.45. The van der Waals surface area contributed by atoms with E-state index in [1.807, 2.05) is 7.05 Å². The summed E-state index contributed by atoms with van der Waals surface area (Å²) in [6.45, 7) is 7.24. The third-order valence-electron chi connectivity index (χ3n) is 6.93. The second-order valence-corrected chi connectivity index (χ2v) is 8.69. The van der Waals surface area contributed by atoms with Crippen LogP contribution in [-0.4, -0.2) is 52.5 Å². The largest absolute Gasteiger partial charge is 0.382 e. The Morgan fingerprint density at radius 2 is 1.70 bits per heavy atom. The second-order valence-electron chi connectivity index (χ2n) is 8.69. The average molecular weight is 530 g/mol. The lowest BCUT2D eigenvalue weighted by Gasteiger charge is -2.38. The van der Waals surface area contributed by atoms with Gasteiger partial charge in [-0.05, 0) is 50.0 Å². The van der Waals surface area contributed by atoms with Gasteiger partial charge in [0.15, 0.2) is 5.96 Å². The molecule has 3 rings (SSSR count). The predicted octanol–water partition coefficient (Wildman–Crippen LogP) is 4.50. The van der Waals surface area contributed by atoms with Gasteiger partial charge in [-0.25, -0.2) is 0 Å². The van der Waals surface area contributed by atoms with Crippen molar-refractivity contribution < 1.29 is 9.47 Å². The van der Waals surface area contributed by atoms with E-state index in [1.165, 1.54) is 31.2 Å². The fourth-order valence-corrected chi connectivity index (χ4v) is 4.94. The van der Waals surface area contributed by atoms with Crippen molar-refractivity contribution in [1.82, 2.24) is 10.6 Å². The minimum atomic E-state index is 0. The molecule has 0 unspecified atom stereocenters. The Labute approximate surface area is 199 Å². The number of hydrogen-bond donors (Lipinski definition) is 2. The van der Waals surface area contributed by atoms with Gasteiger partial charge < -0.3 is 20.1 Å². The van der Waals surface area contributed by atoms with Crippen LogP contribution in [0, 0.1) is 5.41 Å². The molecular weight excluding hydrogens is 489 g/mol. The van der Waals surface area contributed by atoms with Crippen LogP contribution in [0.2, 0.25) is 0 Å². The monoisotopic (exact) mass is 529 g/mol. The second kappa shape index (κ2) is 12.9. The van der Waals surface area contributed by atoms with Crippen LogP contribution in [0.25, 0.3) is 0 Å². The predicted molar refractivity (Wildman–Crippen MR) is 135 cm³/mol. The zero-order valence-corrected chi connectivity index (χ0v) is 21.1. The summed E-state index contributed by atoms with van der Waals surface area (Å²) in [5.41, 5.74) is 1.86. The first kappa shape index (κ1) is 25.4. The molecule has 0 aromatic heterocycles. The Bertz CT molecular complexity index is 627. The van der Waals surface area contributed by atoms with E-state index in [9.17, 15) is 0 Å². The van der Waals surface area contributed by atoms with Gasteiger partial charge in [0.05, 0.1) is 0 Å². The Hall–Kier alpha value is -0.860. The third kappa shape index (κ3) is 6.82. The topological polar surface area (TPSA) is 54.9 Å². The SMILES string of the molecule is CCOCCC1(CNC(=NC)NCC2(c3ccccc3)CCOCC2)CCCC1.I. The molecule has 0 bridgehead atoms. The van der Waals surface area contributed by atoms with E-state index in [4.69, 9.17) is 9.47 Å². The maximum atomic E-state index is 5.67. The van der Waals surface area contributed by atoms with Crippen LogP contribution in [0.1, 0.15) is 57.4 Å². The molecule has 30 heavy (non-hydrogen) atoms. The van der Waals surface area contributed by atoms with Gasteiger partial charge >= 0.3 is 0 Å². The number of nitrogens with one attached hydrogen (secondary N) is 2. The van der Waals surface area contributed by atoms with Crippen molar-refractivity contribution in [2.45, 2.75) is 57.3 Å². The van der Waals surface area contributed by atoms with Gasteiger partial charge in [-0.3, -0.25) is 4.99 Å². The third-order valence-corrected chi connectivity index (χ3v) is 6.93. The van der Waals surface area contributed by atoms with Gasteiger partial charge in [0.1, 0.15) is 0 Å². The van der Waals surface area contributed by atoms with E-state index in [1.54, 1.807) is 0 Å². The highest BCUT2D eigenvalue weighted by molar-refractivity contribution is 14.0. The van der Waals surface area contributed by atoms with Gasteiger partial charge in [-0.2, -0.15) is 0 Å². The number of hydrogen-bond acceptors (Lipinski definition) is 3. The van der Waals surface area contributed by atoms with Crippen LogP contribution in [0.15, 0.2) is 35.3 Å². The van der Waals surface area contributed by atoms with Crippen LogP contribution >= 0.6 is 24.0 Å². The number of rotatable bonds is 9. The van der Waals surface area contributed by atoms with Crippen LogP contribution in [-0.2, 0) is 14.9 Å². The molecule has 5 nitrogen and oxygen atoms in total. The first-order valence-corrected chi connectivity index (χ1v) is 11.4. The molecule has 1 aliphatic carbocycles. The molecule has 1 aromatic rings. The molecule has 1 heterocycles. The lowest BCUT2D eigenvalue weighted by molar-refractivity contribution is 0.0513. The zero-order chi connectivity index (χ0) is 20.4. The van der Waals surface area contributed by atoms with Crippen LogP contribution < -0.4 is 10.6 Å². The molecule has 1 saturated heterocycles. The van der Waals surface area contributed by atoms with E-state index < -0.39 is 0 Å². The Morgan fingerprint density at radius 1 is 1.03 bits per heavy atom. The number of halogens is 1. The molecule has 1 aliphatic heterocycles. The van der Waals surface area contributed by atoms with Crippen molar-refractivity contribution in [3.63, 3.8) is 0 Å². The minimum Gasteiger partial charge on any atom is -0.382 e. The molecule has 170 valence electrons. The van der Waals surface area contributed by atoms with Crippen molar-refractivity contribution in [2.75, 3.05) is 46.6 Å². The van der Waals surface area contributed by atoms with Gasteiger partial charge in [0, 0.05) is 52.0 Å². The zero-order valence-electron chi connectivity index (χ0n) is 18.8. The average Bonchev–Trinajstić information content (AvgIpc) is 3.24. The lowest BCUT2D eigenvalue weighted by Crippen LogP contribution is -2.49. The Morgan fingerprint density at radius 3 is 2.33 bits per heavy atom. The summed E-state index contributed by atoms with van der Waals surface area (Å²) >= 11 is 0. The summed E-state index contributed by atoms with van der Waals surface area (Å²) in [4.78, 5) is 4.52. The molecule has 2 aliphatic rings. The Balaban J connectivity index is 0.00000320. The van der Waals surface area contributed by atoms with Crippen LogP contribution in [0.5, 0.6) is 0 Å². The molecule has 0 atom stereocenters. The molecule has 2 fully saturated rings. The van der Waals surface area contributed by atoms with E-state index >= 15 is 0 Å². The molecule has 1 saturated carbocycles. The van der Waals surface area contributed by atoms with Crippen LogP contribution in [0.4, 0.5) is 0 Å². The summed E-state index contributed by atoms with van der Waals surface area (Å²) in [6, 6.07) is 10.9. The van der Waals surface area contributed by atoms with Gasteiger partial charge in [-0.15, -0.1) is 24.0 Å². The van der Waals surface area contributed by atoms with Crippen molar-refractivity contribution in [3.05, 3.63) is 35.9 Å². The van der Waals surface area contributed by atoms with Crippen molar-refractivity contribution in [2.24, 2.45) is 10.4 Å². The van der Waals surface area contributed by atoms with E-state index in [0.717, 1.165) is 64.7 Å². The fourth-order valence-electron chi connectivity index (χ4n) is 4.94. The minimum absolute atomic E-state index is 0. The quantitative estimate of drug-likeness (QED) is 0.214. The molecule has 1 aromatic carbocycles. The number of nitrogens with zero attached hydrogens (tertiary/aromatic N) is 1. The fraction of sp³-hybridized carbons (Fsp3) is 0.708. The van der Waals surface area contributed by atoms with Crippen molar-refractivity contribution in [1.29, 1.82) is 0 Å². The number of aliphatic imine (C=N–C) groups is 1. The van der Waals surface area contributed by atoms with E-state index in [0.29, 0.717) is 5.41 Å². The highest BCUT2D eigenvalue weighted by Crippen LogP contribution is 2.40. The van der Waals surface area contributed by atoms with E-state index in [-0.39, 0.29) is 29.4 Å². The van der Waals surface area contributed by atoms with Gasteiger partial charge in [-0.1, -0.05) is 43.2 Å². The first-order chi connectivity index (χ1) is 14.2. The normalized spacial score (nSPS) is 20.4. The first-order valence-electron chi connectivity index (χ1n) is 11.4. The number of guanidine groups is 1. The van der Waals surface area contributed by atoms with Crippen molar-refractivity contribution >= 4 is 29.9 Å². The van der Waals surface area contributed by atoms with E-state index in [2.05, 4.69) is 52.9 Å². The summed E-state index contributed by atoms with van der Waals surface area (Å²) < 4.78 is 11.3. The summed E-state index contributed by atoms with van der Waals surface area (Å²) in [5.74, 6) is 0.912. The van der Waals surface area contributed by atoms with Crippen molar-refractivity contribution in [3.8, 4) is 0 Å². The molecule has 0 radical (unpaired) electrons. The molecular formula is C24H40IN3O2. The highest BCUT2D eigenvalue weighted by Gasteiger charge is 2.36. The standard InChI is InChI=1S/C24H39N3O2.HI/c1-3-28-16-13-23(11-7-8-12-23)19-26-22(25-2)27-20-24(14-17-29-18-15-24)21-9-5-4-6-10-21;/h4-6,9-10H,3,7-8,11-20H2,1-2H3,(H2,25,26,27);1H. The smallest absolute Gasteiger partial charge is 0.191 e. The molecule has 0 spiro atoms. The number of benzene rings is 1. The van der Waals surface area contributed by atoms with Gasteiger partial charge in [0.2, 0.25) is 0 Å². The lowest BCUT2D eigenvalue weighted by atomic mass is 9.74. The highest BCUT2D eigenvalue weighted by atomic mass is 127.